The van der Waals surface area contributed by atoms with Gasteiger partial charge < -0.3 is 11.3 Å². The Kier molecular flexibility index (Phi) is 5.33. The van der Waals surface area contributed by atoms with Gasteiger partial charge in [-0.05, 0) is 0 Å². The van der Waals surface area contributed by atoms with E-state index < -0.39 is 16.6 Å². The fourth-order valence-electron chi connectivity index (χ4n) is 0.0638. The predicted octanol–water partition coefficient (Wildman–Crippen LogP) is -0.111. The van der Waals surface area contributed by atoms with Crippen LogP contribution in [-0.4, -0.2) is 19.6 Å². The van der Waals surface area contributed by atoms with Gasteiger partial charge in [0.1, 0.15) is 0 Å². The van der Waals surface area contributed by atoms with Crippen molar-refractivity contribution in [2.24, 2.45) is 4.36 Å². The zero-order chi connectivity index (χ0) is 5.86. The molecular weight excluding hydrogens is 136 g/mol. The standard InChI is InChI=1S/CHNO4S.H3N/c3-1(4)2-7(5)6;/h(H,3,4);1H3. The quantitative estimate of drug-likeness (QED) is 0.486. The van der Waals surface area contributed by atoms with Gasteiger partial charge in [-0.25, -0.2) is 4.79 Å². The van der Waals surface area contributed by atoms with E-state index in [2.05, 4.69) is 4.36 Å². The second-order valence-corrected chi connectivity index (χ2v) is 1.21. The number of hydrogen-bond donors (Lipinski definition) is 2. The fourth-order valence-corrected chi connectivity index (χ4v) is 0.191. The molecule has 0 aromatic carbocycles. The van der Waals surface area contributed by atoms with E-state index in [0.29, 0.717) is 0 Å². The number of rotatable bonds is 0. The molecule has 0 aromatic rings. The molecule has 8 heavy (non-hydrogen) atoms. The van der Waals surface area contributed by atoms with Crippen molar-refractivity contribution in [2.45, 2.75) is 0 Å². The van der Waals surface area contributed by atoms with E-state index in [1.807, 2.05) is 0 Å². The van der Waals surface area contributed by atoms with Crippen molar-refractivity contribution in [1.29, 1.82) is 0 Å². The van der Waals surface area contributed by atoms with Gasteiger partial charge in [-0.3, -0.25) is 0 Å². The van der Waals surface area contributed by atoms with Crippen molar-refractivity contribution in [3.8, 4) is 0 Å². The minimum Gasteiger partial charge on any atom is -0.463 e. The molecule has 0 saturated carbocycles. The van der Waals surface area contributed by atoms with E-state index in [-0.39, 0.29) is 6.15 Å². The van der Waals surface area contributed by atoms with E-state index in [9.17, 15) is 13.2 Å². The van der Waals surface area contributed by atoms with Crippen LogP contribution in [0.2, 0.25) is 0 Å². The van der Waals surface area contributed by atoms with Gasteiger partial charge in [-0.1, -0.05) is 4.36 Å². The molecule has 1 amide bonds. The van der Waals surface area contributed by atoms with Gasteiger partial charge in [0.15, 0.2) is 0 Å². The van der Waals surface area contributed by atoms with Crippen molar-refractivity contribution in [3.63, 3.8) is 0 Å². The zero-order valence-corrected chi connectivity index (χ0v) is 4.55. The second-order valence-electron chi connectivity index (χ2n) is 0.591. The maximum Gasteiger partial charge on any atom is 0.446 e. The molecule has 4 N–H and O–H groups in total. The first-order valence-corrected chi connectivity index (χ1v) is 2.20. The van der Waals surface area contributed by atoms with Gasteiger partial charge in [0.05, 0.1) is 0 Å². The van der Waals surface area contributed by atoms with Crippen LogP contribution in [0, 0.1) is 0 Å². The minimum absolute atomic E-state index is 0. The Bertz CT molecular complexity index is 182. The summed E-state index contributed by atoms with van der Waals surface area (Å²) >= 11 is 0. The number of nitrogens with zero attached hydrogens (tertiary/aromatic N) is 1. The van der Waals surface area contributed by atoms with Gasteiger partial charge in [0, 0.05) is 0 Å². The Morgan fingerprint density at radius 1 is 1.50 bits per heavy atom. The first-order valence-electron chi connectivity index (χ1n) is 1.17. The van der Waals surface area contributed by atoms with E-state index in [1.165, 1.54) is 0 Å². The van der Waals surface area contributed by atoms with E-state index >= 15 is 0 Å². The van der Waals surface area contributed by atoms with Crippen LogP contribution in [0.5, 0.6) is 0 Å². The summed E-state index contributed by atoms with van der Waals surface area (Å²) in [4.78, 5) is 9.25. The predicted molar refractivity (Wildman–Crippen MR) is 24.4 cm³/mol. The van der Waals surface area contributed by atoms with Crippen molar-refractivity contribution >= 4 is 16.6 Å². The molecule has 0 fully saturated rings. The molecule has 0 spiro atoms. The lowest BCUT2D eigenvalue weighted by atomic mass is 11.3. The van der Waals surface area contributed by atoms with Gasteiger partial charge in [0.25, 0.3) is 0 Å². The highest BCUT2D eigenvalue weighted by Crippen LogP contribution is 1.65. The Morgan fingerprint density at radius 3 is 1.88 bits per heavy atom. The minimum atomic E-state index is -2.82. The molecule has 0 atom stereocenters. The van der Waals surface area contributed by atoms with Crippen molar-refractivity contribution in [3.05, 3.63) is 0 Å². The van der Waals surface area contributed by atoms with Gasteiger partial charge in [-0.2, -0.15) is 8.42 Å². The maximum absolute atomic E-state index is 9.26. The highest BCUT2D eigenvalue weighted by atomic mass is 32.2. The Morgan fingerprint density at radius 2 is 1.88 bits per heavy atom. The van der Waals surface area contributed by atoms with Gasteiger partial charge >= 0.3 is 16.6 Å². The number of carbonyl (C=O) groups is 1. The average Bonchev–Trinajstić information content (AvgIpc) is 1.27. The summed E-state index contributed by atoms with van der Waals surface area (Å²) in [5, 5.41) is 7.52. The molecule has 6 nitrogen and oxygen atoms in total. The topological polar surface area (TPSA) is 119 Å². The molecule has 0 saturated heterocycles. The first kappa shape index (κ1) is 10.1. The van der Waals surface area contributed by atoms with Gasteiger partial charge in [-0.15, -0.1) is 0 Å². The molecule has 0 unspecified atom stereocenters. The van der Waals surface area contributed by atoms with Crippen LogP contribution in [0.4, 0.5) is 4.79 Å². The first-order chi connectivity index (χ1) is 3.13. The largest absolute Gasteiger partial charge is 0.463 e. The lowest BCUT2D eigenvalue weighted by Crippen LogP contribution is -1.80. The monoisotopic (exact) mass is 140 g/mol. The molecule has 0 aliphatic heterocycles. The smallest absolute Gasteiger partial charge is 0.446 e. The maximum atomic E-state index is 9.26. The lowest BCUT2D eigenvalue weighted by molar-refractivity contribution is 0.206. The molecule has 0 bridgehead atoms. The van der Waals surface area contributed by atoms with Crippen LogP contribution in [0.15, 0.2) is 4.36 Å². The molecule has 0 heterocycles. The molecule has 48 valence electrons. The number of hydrogen-bond acceptors (Lipinski definition) is 4. The molecular formula is CH4N2O4S. The zero-order valence-electron chi connectivity index (χ0n) is 3.73. The Balaban J connectivity index is 0. The molecule has 0 aliphatic carbocycles. The molecule has 0 aromatic heterocycles. The summed E-state index contributed by atoms with van der Waals surface area (Å²) in [5.41, 5.74) is 0. The second kappa shape index (κ2) is 4.22. The molecule has 7 heteroatoms. The molecule has 0 radical (unpaired) electrons. The number of carboxylic acid groups (broad SMARTS) is 1. The summed E-state index contributed by atoms with van der Waals surface area (Å²) < 4.78 is 20.6. The SMILES string of the molecule is N.O=C(O)N=S(=O)=O. The third-order valence-electron chi connectivity index (χ3n) is 0.153. The van der Waals surface area contributed by atoms with Crippen LogP contribution in [0.3, 0.4) is 0 Å². The fraction of sp³-hybridized carbons (Fsp3) is 0. The number of amides is 1. The van der Waals surface area contributed by atoms with E-state index in [4.69, 9.17) is 5.11 Å². The third-order valence-corrected chi connectivity index (χ3v) is 0.458. The Labute approximate surface area is 46.4 Å². The molecule has 0 rings (SSSR count). The van der Waals surface area contributed by atoms with Crippen molar-refractivity contribution < 1.29 is 18.3 Å². The molecule has 0 aliphatic rings. The Hall–Kier alpha value is -0.950. The van der Waals surface area contributed by atoms with Crippen molar-refractivity contribution in [1.82, 2.24) is 6.15 Å². The lowest BCUT2D eigenvalue weighted by Gasteiger charge is -1.62. The van der Waals surface area contributed by atoms with E-state index in [0.717, 1.165) is 0 Å². The summed E-state index contributed by atoms with van der Waals surface area (Å²) in [7, 11) is -2.82. The van der Waals surface area contributed by atoms with Crippen LogP contribution in [0.1, 0.15) is 0 Å². The third kappa shape index (κ3) is 8.90. The van der Waals surface area contributed by atoms with Gasteiger partial charge in [0.2, 0.25) is 0 Å². The normalized spacial score (nSPS) is 6.50. The van der Waals surface area contributed by atoms with Crippen LogP contribution < -0.4 is 6.15 Å². The summed E-state index contributed by atoms with van der Waals surface area (Å²) in [6.07, 6.45) is -1.70. The highest BCUT2D eigenvalue weighted by Gasteiger charge is 1.84. The summed E-state index contributed by atoms with van der Waals surface area (Å²) in [6, 6.07) is 0. The van der Waals surface area contributed by atoms with Crippen LogP contribution >= 0.6 is 0 Å². The van der Waals surface area contributed by atoms with Crippen molar-refractivity contribution in [2.75, 3.05) is 0 Å². The van der Waals surface area contributed by atoms with Crippen LogP contribution in [0.25, 0.3) is 0 Å². The van der Waals surface area contributed by atoms with Crippen LogP contribution in [-0.2, 0) is 10.5 Å². The highest BCUT2D eigenvalue weighted by molar-refractivity contribution is 7.62. The average molecular weight is 140 g/mol. The summed E-state index contributed by atoms with van der Waals surface area (Å²) in [5.74, 6) is 0. The summed E-state index contributed by atoms with van der Waals surface area (Å²) in [6.45, 7) is 0. The van der Waals surface area contributed by atoms with E-state index in [1.54, 1.807) is 0 Å².